The second-order valence-corrected chi connectivity index (χ2v) is 5.69. The van der Waals surface area contributed by atoms with Crippen molar-refractivity contribution >= 4 is 5.97 Å². The predicted molar refractivity (Wildman–Crippen MR) is 97.4 cm³/mol. The van der Waals surface area contributed by atoms with Crippen LogP contribution in [0.3, 0.4) is 0 Å². The highest BCUT2D eigenvalue weighted by Gasteiger charge is 2.12. The fourth-order valence-corrected chi connectivity index (χ4v) is 2.10. The normalized spacial score (nSPS) is 13.1. The lowest BCUT2D eigenvalue weighted by molar-refractivity contribution is -0.508. The average molecular weight is 337 g/mol. The van der Waals surface area contributed by atoms with E-state index in [0.717, 1.165) is 32.1 Å². The quantitative estimate of drug-likeness (QED) is 0.112. The van der Waals surface area contributed by atoms with Gasteiger partial charge in [-0.25, -0.2) is 0 Å². The van der Waals surface area contributed by atoms with Crippen LogP contribution >= 0.6 is 0 Å². The summed E-state index contributed by atoms with van der Waals surface area (Å²) in [5.41, 5.74) is 0. The molecule has 0 saturated carbocycles. The summed E-state index contributed by atoms with van der Waals surface area (Å²) in [4.78, 5) is 21.7. The monoisotopic (exact) mass is 337 g/mol. The number of carbonyl (C=O) groups is 1. The molecule has 0 aliphatic carbocycles. The minimum absolute atomic E-state index is 0.185. The average Bonchev–Trinajstić information content (AvgIpc) is 2.57. The van der Waals surface area contributed by atoms with Crippen LogP contribution in [0.25, 0.3) is 0 Å². The van der Waals surface area contributed by atoms with Crippen LogP contribution in [0.4, 0.5) is 0 Å². The van der Waals surface area contributed by atoms with E-state index in [1.54, 1.807) is 12.2 Å². The Hall–Kier alpha value is -1.91. The van der Waals surface area contributed by atoms with Crippen LogP contribution in [0.2, 0.25) is 0 Å². The third-order valence-corrected chi connectivity index (χ3v) is 3.60. The zero-order chi connectivity index (χ0) is 18.0. The maximum atomic E-state index is 11.0. The largest absolute Gasteiger partial charge is 0.469 e. The van der Waals surface area contributed by atoms with Crippen LogP contribution in [-0.4, -0.2) is 24.0 Å². The SMILES string of the molecule is CCCCCC=CCC(C=CC=CCCCCC(=O)OC)[N+](=O)[O-]. The van der Waals surface area contributed by atoms with Crippen LogP contribution in [0.15, 0.2) is 36.5 Å². The molecule has 0 fully saturated rings. The summed E-state index contributed by atoms with van der Waals surface area (Å²) in [5, 5.41) is 11.0. The molecule has 0 heterocycles. The lowest BCUT2D eigenvalue weighted by Crippen LogP contribution is -2.15. The molecular weight excluding hydrogens is 306 g/mol. The summed E-state index contributed by atoms with van der Waals surface area (Å²) < 4.78 is 4.57. The van der Waals surface area contributed by atoms with Gasteiger partial charge in [-0.2, -0.15) is 0 Å². The van der Waals surface area contributed by atoms with Crippen molar-refractivity contribution in [2.45, 2.75) is 70.8 Å². The van der Waals surface area contributed by atoms with Gasteiger partial charge in [0.15, 0.2) is 0 Å². The van der Waals surface area contributed by atoms with Crippen molar-refractivity contribution in [1.29, 1.82) is 0 Å². The van der Waals surface area contributed by atoms with E-state index < -0.39 is 6.04 Å². The zero-order valence-corrected chi connectivity index (χ0v) is 15.0. The first-order chi connectivity index (χ1) is 11.6. The molecule has 0 radical (unpaired) electrons. The number of allylic oxidation sites excluding steroid dienone is 4. The third-order valence-electron chi connectivity index (χ3n) is 3.60. The van der Waals surface area contributed by atoms with Gasteiger partial charge in [-0.15, -0.1) is 0 Å². The molecule has 24 heavy (non-hydrogen) atoms. The van der Waals surface area contributed by atoms with Crippen molar-refractivity contribution in [2.24, 2.45) is 0 Å². The summed E-state index contributed by atoms with van der Waals surface area (Å²) in [6, 6.07) is -0.670. The van der Waals surface area contributed by atoms with Gasteiger partial charge in [0.05, 0.1) is 7.11 Å². The van der Waals surface area contributed by atoms with Crippen molar-refractivity contribution in [1.82, 2.24) is 0 Å². The number of carbonyl (C=O) groups excluding carboxylic acids is 1. The summed E-state index contributed by atoms with van der Waals surface area (Å²) in [6.45, 7) is 2.16. The fraction of sp³-hybridized carbons (Fsp3) is 0.632. The Morgan fingerprint density at radius 1 is 1.08 bits per heavy atom. The van der Waals surface area contributed by atoms with Crippen LogP contribution < -0.4 is 0 Å². The van der Waals surface area contributed by atoms with Gasteiger partial charge in [-0.3, -0.25) is 14.9 Å². The van der Waals surface area contributed by atoms with Gasteiger partial charge in [-0.05, 0) is 38.2 Å². The molecule has 0 spiro atoms. The Morgan fingerprint density at radius 3 is 2.46 bits per heavy atom. The number of hydrogen-bond acceptors (Lipinski definition) is 4. The van der Waals surface area contributed by atoms with E-state index in [9.17, 15) is 14.9 Å². The topological polar surface area (TPSA) is 69.4 Å². The Labute approximate surface area is 145 Å². The molecule has 136 valence electrons. The van der Waals surface area contributed by atoms with Crippen LogP contribution in [0.5, 0.6) is 0 Å². The van der Waals surface area contributed by atoms with Gasteiger partial charge in [0.25, 0.3) is 0 Å². The molecule has 0 aromatic carbocycles. The van der Waals surface area contributed by atoms with E-state index in [-0.39, 0.29) is 10.9 Å². The number of rotatable bonds is 14. The molecule has 0 aromatic heterocycles. The Morgan fingerprint density at radius 2 is 1.79 bits per heavy atom. The molecule has 1 atom stereocenters. The van der Waals surface area contributed by atoms with E-state index in [4.69, 9.17) is 0 Å². The minimum atomic E-state index is -0.670. The van der Waals surface area contributed by atoms with E-state index >= 15 is 0 Å². The van der Waals surface area contributed by atoms with Crippen molar-refractivity contribution in [3.8, 4) is 0 Å². The lowest BCUT2D eigenvalue weighted by Gasteiger charge is -2.00. The summed E-state index contributed by atoms with van der Waals surface area (Å²) in [5.74, 6) is -0.185. The van der Waals surface area contributed by atoms with Crippen LogP contribution in [0, 0.1) is 10.1 Å². The molecule has 0 amide bonds. The number of methoxy groups -OCH3 is 1. The minimum Gasteiger partial charge on any atom is -0.469 e. The number of esters is 1. The van der Waals surface area contributed by atoms with E-state index in [0.29, 0.717) is 12.8 Å². The molecule has 0 aliphatic rings. The van der Waals surface area contributed by atoms with Crippen LogP contribution in [0.1, 0.15) is 64.7 Å². The van der Waals surface area contributed by atoms with Crippen molar-refractivity contribution in [3.05, 3.63) is 46.6 Å². The third kappa shape index (κ3) is 13.7. The number of hydrogen-bond donors (Lipinski definition) is 0. The standard InChI is InChI=1S/C19H31NO4/c1-3-4-5-6-9-12-15-18(20(22)23)16-13-10-7-8-11-14-17-19(21)24-2/h7,9-10,12-13,16,18H,3-6,8,11,14-15,17H2,1-2H3. The fourth-order valence-electron chi connectivity index (χ4n) is 2.10. The highest BCUT2D eigenvalue weighted by molar-refractivity contribution is 5.68. The van der Waals surface area contributed by atoms with Gasteiger partial charge in [0.2, 0.25) is 6.04 Å². The second kappa shape index (κ2) is 16.0. The highest BCUT2D eigenvalue weighted by atomic mass is 16.6. The highest BCUT2D eigenvalue weighted by Crippen LogP contribution is 2.05. The molecule has 0 saturated heterocycles. The smallest absolute Gasteiger partial charge is 0.305 e. The van der Waals surface area contributed by atoms with Crippen LogP contribution in [-0.2, 0) is 9.53 Å². The summed E-state index contributed by atoms with van der Waals surface area (Å²) in [7, 11) is 1.39. The Balaban J connectivity index is 3.96. The molecule has 0 aliphatic heterocycles. The maximum Gasteiger partial charge on any atom is 0.305 e. The number of unbranched alkanes of at least 4 members (excludes halogenated alkanes) is 5. The van der Waals surface area contributed by atoms with Gasteiger partial charge >= 0.3 is 5.97 Å². The zero-order valence-electron chi connectivity index (χ0n) is 15.0. The first kappa shape index (κ1) is 22.1. The molecule has 1 unspecified atom stereocenters. The summed E-state index contributed by atoms with van der Waals surface area (Å²) in [6.07, 6.45) is 19.0. The Bertz CT molecular complexity index is 427. The van der Waals surface area contributed by atoms with Gasteiger partial charge in [0.1, 0.15) is 0 Å². The molecule has 0 aromatic rings. The van der Waals surface area contributed by atoms with Gasteiger partial charge in [-0.1, -0.05) is 50.1 Å². The second-order valence-electron chi connectivity index (χ2n) is 5.69. The number of ether oxygens (including phenoxy) is 1. The van der Waals surface area contributed by atoms with Gasteiger partial charge in [0, 0.05) is 17.8 Å². The van der Waals surface area contributed by atoms with Crippen molar-refractivity contribution < 1.29 is 14.5 Å². The first-order valence-electron chi connectivity index (χ1n) is 8.80. The van der Waals surface area contributed by atoms with Crippen molar-refractivity contribution in [3.63, 3.8) is 0 Å². The van der Waals surface area contributed by atoms with Gasteiger partial charge < -0.3 is 4.74 Å². The van der Waals surface area contributed by atoms with E-state index in [2.05, 4.69) is 11.7 Å². The lowest BCUT2D eigenvalue weighted by atomic mass is 10.1. The molecule has 0 N–H and O–H groups in total. The van der Waals surface area contributed by atoms with Crippen molar-refractivity contribution in [2.75, 3.05) is 7.11 Å². The molecule has 5 heteroatoms. The maximum absolute atomic E-state index is 11.0. The predicted octanol–water partition coefficient (Wildman–Crippen LogP) is 5.00. The molecule has 0 bridgehead atoms. The molecular formula is C19H31NO4. The molecule has 5 nitrogen and oxygen atoms in total. The first-order valence-corrected chi connectivity index (χ1v) is 8.80. The summed E-state index contributed by atoms with van der Waals surface area (Å²) >= 11 is 0. The molecule has 0 rings (SSSR count). The van der Waals surface area contributed by atoms with E-state index in [1.165, 1.54) is 20.0 Å². The Kier molecular flexibility index (Phi) is 14.7. The number of nitrogens with zero attached hydrogens (tertiary/aromatic N) is 1. The number of nitro groups is 1. The van der Waals surface area contributed by atoms with E-state index in [1.807, 2.05) is 24.3 Å².